The predicted molar refractivity (Wildman–Crippen MR) is 72.1 cm³/mol. The van der Waals surface area contributed by atoms with Gasteiger partial charge in [-0.15, -0.1) is 12.4 Å². The molecule has 5 nitrogen and oxygen atoms in total. The van der Waals surface area contributed by atoms with Crippen LogP contribution in [-0.2, 0) is 6.54 Å². The van der Waals surface area contributed by atoms with Crippen LogP contribution in [0.25, 0.3) is 0 Å². The second-order valence-electron chi connectivity index (χ2n) is 3.25. The fraction of sp³-hybridized carbons (Fsp3) is 0.400. The number of benzene rings is 1. The minimum Gasteiger partial charge on any atom is -0.502 e. The van der Waals surface area contributed by atoms with Crippen LogP contribution >= 0.6 is 24.2 Å². The van der Waals surface area contributed by atoms with Gasteiger partial charge < -0.3 is 10.4 Å². The summed E-state index contributed by atoms with van der Waals surface area (Å²) in [5.41, 5.74) is 0.581. The van der Waals surface area contributed by atoms with Crippen LogP contribution in [0.1, 0.15) is 5.56 Å². The summed E-state index contributed by atoms with van der Waals surface area (Å²) in [4.78, 5) is 9.86. The molecule has 0 fully saturated rings. The molecule has 0 aromatic heterocycles. The van der Waals surface area contributed by atoms with Crippen LogP contribution in [0.3, 0.4) is 0 Å². The van der Waals surface area contributed by atoms with Crippen molar-refractivity contribution in [1.82, 2.24) is 5.32 Å². The van der Waals surface area contributed by atoms with Gasteiger partial charge in [-0.25, -0.2) is 0 Å². The number of phenols is 1. The molecule has 0 saturated carbocycles. The predicted octanol–water partition coefficient (Wildman–Crippen LogP) is 2.17. The molecule has 17 heavy (non-hydrogen) atoms. The highest BCUT2D eigenvalue weighted by molar-refractivity contribution is 7.98. The second-order valence-corrected chi connectivity index (χ2v) is 4.24. The maximum absolute atomic E-state index is 10.5. The maximum Gasteiger partial charge on any atom is 0.310 e. The quantitative estimate of drug-likeness (QED) is 0.474. The van der Waals surface area contributed by atoms with E-state index in [-0.39, 0.29) is 23.8 Å². The van der Waals surface area contributed by atoms with Crippen LogP contribution in [-0.4, -0.2) is 28.6 Å². The molecule has 7 heteroatoms. The number of aromatic hydroxyl groups is 1. The number of nitro groups is 1. The fourth-order valence-corrected chi connectivity index (χ4v) is 1.59. The molecule has 0 amide bonds. The third kappa shape index (κ3) is 5.25. The molecule has 1 aromatic rings. The lowest BCUT2D eigenvalue weighted by Crippen LogP contribution is -2.16. The minimum atomic E-state index is -0.597. The number of nitro benzene ring substituents is 1. The number of rotatable bonds is 6. The number of phenolic OH excluding ortho intramolecular Hbond substituents is 1. The van der Waals surface area contributed by atoms with Gasteiger partial charge in [0.1, 0.15) is 0 Å². The highest BCUT2D eigenvalue weighted by atomic mass is 35.5. The number of thioether (sulfide) groups is 1. The van der Waals surface area contributed by atoms with Crippen molar-refractivity contribution < 1.29 is 10.0 Å². The van der Waals surface area contributed by atoms with Crippen LogP contribution in [0.2, 0.25) is 0 Å². The Morgan fingerprint density at radius 2 is 2.24 bits per heavy atom. The first-order chi connectivity index (χ1) is 7.65. The van der Waals surface area contributed by atoms with Gasteiger partial charge in [-0.3, -0.25) is 10.1 Å². The molecule has 0 spiro atoms. The summed E-state index contributed by atoms with van der Waals surface area (Å²) in [5.74, 6) is 0.730. The van der Waals surface area contributed by atoms with E-state index in [9.17, 15) is 15.2 Å². The van der Waals surface area contributed by atoms with E-state index in [1.807, 2.05) is 6.26 Å². The van der Waals surface area contributed by atoms with Crippen molar-refractivity contribution in [3.8, 4) is 5.75 Å². The first kappa shape index (κ1) is 16.0. The van der Waals surface area contributed by atoms with Gasteiger partial charge in [0, 0.05) is 24.9 Å². The number of hydrogen-bond acceptors (Lipinski definition) is 5. The lowest BCUT2D eigenvalue weighted by molar-refractivity contribution is -0.385. The van der Waals surface area contributed by atoms with E-state index < -0.39 is 4.92 Å². The Balaban J connectivity index is 0.00000256. The molecular formula is C10H15ClN2O3S. The molecule has 0 atom stereocenters. The SMILES string of the molecule is CSCCNCc1ccc([N+](=O)[O-])c(O)c1.Cl. The standard InChI is InChI=1S/C10H14N2O3S.ClH/c1-16-5-4-11-7-8-2-3-9(12(14)15)10(13)6-8;/h2-3,6,11,13H,4-5,7H2,1H3;1H. The van der Waals surface area contributed by atoms with Crippen LogP contribution in [0.15, 0.2) is 18.2 Å². The van der Waals surface area contributed by atoms with Gasteiger partial charge in [0.05, 0.1) is 4.92 Å². The lowest BCUT2D eigenvalue weighted by Gasteiger charge is -2.04. The van der Waals surface area contributed by atoms with Crippen molar-refractivity contribution in [3.63, 3.8) is 0 Å². The largest absolute Gasteiger partial charge is 0.502 e. The molecule has 0 bridgehead atoms. The van der Waals surface area contributed by atoms with Gasteiger partial charge in [0.2, 0.25) is 0 Å². The van der Waals surface area contributed by atoms with Crippen molar-refractivity contribution in [2.45, 2.75) is 6.54 Å². The zero-order valence-electron chi connectivity index (χ0n) is 9.38. The van der Waals surface area contributed by atoms with E-state index in [2.05, 4.69) is 5.32 Å². The molecule has 2 N–H and O–H groups in total. The van der Waals surface area contributed by atoms with E-state index in [0.29, 0.717) is 6.54 Å². The van der Waals surface area contributed by atoms with Gasteiger partial charge in [0.15, 0.2) is 5.75 Å². The Kier molecular flexibility index (Phi) is 7.69. The molecule has 0 unspecified atom stereocenters. The normalized spacial score (nSPS) is 9.71. The van der Waals surface area contributed by atoms with E-state index in [1.54, 1.807) is 17.8 Å². The van der Waals surface area contributed by atoms with Crippen molar-refractivity contribution in [2.75, 3.05) is 18.6 Å². The molecule has 0 radical (unpaired) electrons. The van der Waals surface area contributed by atoms with E-state index >= 15 is 0 Å². The molecule has 0 aliphatic heterocycles. The third-order valence-electron chi connectivity index (χ3n) is 2.05. The Morgan fingerprint density at radius 3 is 2.76 bits per heavy atom. The Bertz CT molecular complexity index is 377. The van der Waals surface area contributed by atoms with Crippen molar-refractivity contribution in [2.24, 2.45) is 0 Å². The highest BCUT2D eigenvalue weighted by Crippen LogP contribution is 2.25. The Hall–Kier alpha value is -0.980. The maximum atomic E-state index is 10.5. The minimum absolute atomic E-state index is 0. The number of nitrogens with zero attached hydrogens (tertiary/aromatic N) is 1. The summed E-state index contributed by atoms with van der Waals surface area (Å²) in [6, 6.07) is 4.38. The van der Waals surface area contributed by atoms with Gasteiger partial charge in [-0.1, -0.05) is 6.07 Å². The average molecular weight is 279 g/mol. The van der Waals surface area contributed by atoms with Crippen LogP contribution in [0.5, 0.6) is 5.75 Å². The third-order valence-corrected chi connectivity index (χ3v) is 2.66. The molecule has 1 rings (SSSR count). The first-order valence-electron chi connectivity index (χ1n) is 4.81. The van der Waals surface area contributed by atoms with Crippen LogP contribution in [0, 0.1) is 10.1 Å². The molecule has 1 aromatic carbocycles. The molecule has 96 valence electrons. The van der Waals surface area contributed by atoms with Crippen LogP contribution < -0.4 is 5.32 Å². The molecule has 0 heterocycles. The van der Waals surface area contributed by atoms with Gasteiger partial charge in [0.25, 0.3) is 0 Å². The zero-order valence-corrected chi connectivity index (χ0v) is 11.0. The van der Waals surface area contributed by atoms with Crippen molar-refractivity contribution in [3.05, 3.63) is 33.9 Å². The van der Waals surface area contributed by atoms with Crippen molar-refractivity contribution >= 4 is 29.9 Å². The van der Waals surface area contributed by atoms with E-state index in [4.69, 9.17) is 0 Å². The average Bonchev–Trinajstić information content (AvgIpc) is 2.24. The summed E-state index contributed by atoms with van der Waals surface area (Å²) in [7, 11) is 0. The number of hydrogen-bond donors (Lipinski definition) is 2. The van der Waals surface area contributed by atoms with Crippen LogP contribution in [0.4, 0.5) is 5.69 Å². The highest BCUT2D eigenvalue weighted by Gasteiger charge is 2.12. The fourth-order valence-electron chi connectivity index (χ4n) is 1.24. The summed E-state index contributed by atoms with van der Waals surface area (Å²) in [6.45, 7) is 1.48. The molecule has 0 aliphatic rings. The molecule has 0 saturated heterocycles. The van der Waals surface area contributed by atoms with Gasteiger partial charge in [-0.2, -0.15) is 11.8 Å². The number of nitrogens with one attached hydrogen (secondary N) is 1. The summed E-state index contributed by atoms with van der Waals surface area (Å²) in [5, 5.41) is 23.0. The monoisotopic (exact) mass is 278 g/mol. The molecular weight excluding hydrogens is 264 g/mol. The van der Waals surface area contributed by atoms with E-state index in [0.717, 1.165) is 17.9 Å². The van der Waals surface area contributed by atoms with Gasteiger partial charge in [-0.05, 0) is 17.9 Å². The smallest absolute Gasteiger partial charge is 0.310 e. The topological polar surface area (TPSA) is 75.4 Å². The Labute approximate surface area is 110 Å². The summed E-state index contributed by atoms with van der Waals surface area (Å²) in [6.07, 6.45) is 2.03. The summed E-state index contributed by atoms with van der Waals surface area (Å²) < 4.78 is 0. The zero-order chi connectivity index (χ0) is 12.0. The Morgan fingerprint density at radius 1 is 1.53 bits per heavy atom. The first-order valence-corrected chi connectivity index (χ1v) is 6.20. The van der Waals surface area contributed by atoms with Crippen molar-refractivity contribution in [1.29, 1.82) is 0 Å². The second kappa shape index (κ2) is 8.16. The van der Waals surface area contributed by atoms with E-state index in [1.165, 1.54) is 12.1 Å². The summed E-state index contributed by atoms with van der Waals surface area (Å²) >= 11 is 1.75. The van der Waals surface area contributed by atoms with Gasteiger partial charge >= 0.3 is 5.69 Å². The number of halogens is 1. The molecule has 0 aliphatic carbocycles. The lowest BCUT2D eigenvalue weighted by atomic mass is 10.2.